The standard InChI is InChI=1S/C11H19N3O3/c15-10-7-13-9(6-14-10)11(16)12-4-3-8-2-1-5-17-8/h8-9,13H,1-7H2,(H,12,16)(H,14,15). The van der Waals surface area contributed by atoms with Crippen molar-refractivity contribution in [3.8, 4) is 0 Å². The Hall–Kier alpha value is -1.14. The maximum atomic E-state index is 11.7. The van der Waals surface area contributed by atoms with Gasteiger partial charge in [0.15, 0.2) is 0 Å². The minimum atomic E-state index is -0.308. The third-order valence-corrected chi connectivity index (χ3v) is 3.12. The van der Waals surface area contributed by atoms with Crippen LogP contribution >= 0.6 is 0 Å². The summed E-state index contributed by atoms with van der Waals surface area (Å²) in [5.41, 5.74) is 0. The maximum Gasteiger partial charge on any atom is 0.238 e. The molecule has 0 aromatic heterocycles. The predicted molar refractivity (Wildman–Crippen MR) is 61.4 cm³/mol. The van der Waals surface area contributed by atoms with E-state index in [1.807, 2.05) is 0 Å². The van der Waals surface area contributed by atoms with Gasteiger partial charge in [0.2, 0.25) is 11.8 Å². The molecule has 2 amide bonds. The van der Waals surface area contributed by atoms with Crippen molar-refractivity contribution in [2.24, 2.45) is 0 Å². The zero-order chi connectivity index (χ0) is 12.1. The fraction of sp³-hybridized carbons (Fsp3) is 0.818. The van der Waals surface area contributed by atoms with Crippen molar-refractivity contribution in [3.63, 3.8) is 0 Å². The number of hydrogen-bond donors (Lipinski definition) is 3. The molecule has 2 rings (SSSR count). The summed E-state index contributed by atoms with van der Waals surface area (Å²) in [5.74, 6) is -0.114. The van der Waals surface area contributed by atoms with Crippen LogP contribution in [-0.2, 0) is 14.3 Å². The molecular formula is C11H19N3O3. The number of piperazine rings is 1. The van der Waals surface area contributed by atoms with Gasteiger partial charge in [0.1, 0.15) is 6.04 Å². The van der Waals surface area contributed by atoms with Crippen LogP contribution in [0.4, 0.5) is 0 Å². The van der Waals surface area contributed by atoms with Crippen LogP contribution in [0.25, 0.3) is 0 Å². The smallest absolute Gasteiger partial charge is 0.238 e. The van der Waals surface area contributed by atoms with E-state index in [2.05, 4.69) is 16.0 Å². The number of ether oxygens (including phenoxy) is 1. The lowest BCUT2D eigenvalue weighted by atomic mass is 10.1. The fourth-order valence-electron chi connectivity index (χ4n) is 2.10. The van der Waals surface area contributed by atoms with Crippen molar-refractivity contribution in [2.45, 2.75) is 31.4 Å². The van der Waals surface area contributed by atoms with Crippen molar-refractivity contribution in [1.82, 2.24) is 16.0 Å². The van der Waals surface area contributed by atoms with Crippen molar-refractivity contribution in [3.05, 3.63) is 0 Å². The summed E-state index contributed by atoms with van der Waals surface area (Å²) in [6.07, 6.45) is 3.38. The van der Waals surface area contributed by atoms with Gasteiger partial charge >= 0.3 is 0 Å². The summed E-state index contributed by atoms with van der Waals surface area (Å²) in [7, 11) is 0. The molecule has 6 heteroatoms. The topological polar surface area (TPSA) is 79.5 Å². The van der Waals surface area contributed by atoms with Gasteiger partial charge in [-0.1, -0.05) is 0 Å². The third kappa shape index (κ3) is 3.67. The van der Waals surface area contributed by atoms with E-state index in [9.17, 15) is 9.59 Å². The molecule has 2 unspecified atom stereocenters. The van der Waals surface area contributed by atoms with Crippen molar-refractivity contribution in [2.75, 3.05) is 26.2 Å². The normalized spacial score (nSPS) is 28.8. The summed E-state index contributed by atoms with van der Waals surface area (Å²) >= 11 is 0. The first kappa shape index (κ1) is 12.3. The quantitative estimate of drug-likeness (QED) is 0.575. The molecule has 2 fully saturated rings. The second kappa shape index (κ2) is 5.97. The molecule has 96 valence electrons. The predicted octanol–water partition coefficient (Wildman–Crippen LogP) is -1.24. The SMILES string of the molecule is O=C1CNC(C(=O)NCCC2CCCO2)CN1. The zero-order valence-corrected chi connectivity index (χ0v) is 9.83. The van der Waals surface area contributed by atoms with Gasteiger partial charge in [0.25, 0.3) is 0 Å². The van der Waals surface area contributed by atoms with Crippen LogP contribution in [0, 0.1) is 0 Å². The van der Waals surface area contributed by atoms with E-state index in [1.54, 1.807) is 0 Å². The monoisotopic (exact) mass is 241 g/mol. The molecule has 0 bridgehead atoms. The lowest BCUT2D eigenvalue weighted by molar-refractivity contribution is -0.126. The molecule has 2 saturated heterocycles. The van der Waals surface area contributed by atoms with Gasteiger partial charge in [-0.3, -0.25) is 14.9 Å². The minimum absolute atomic E-state index is 0.0528. The van der Waals surface area contributed by atoms with Crippen LogP contribution in [0.5, 0.6) is 0 Å². The summed E-state index contributed by atoms with van der Waals surface area (Å²) < 4.78 is 5.47. The minimum Gasteiger partial charge on any atom is -0.378 e. The number of amides is 2. The van der Waals surface area contributed by atoms with E-state index in [1.165, 1.54) is 0 Å². The Kier molecular flexibility index (Phi) is 4.33. The lowest BCUT2D eigenvalue weighted by Crippen LogP contribution is -2.58. The average Bonchev–Trinajstić information content (AvgIpc) is 2.83. The summed E-state index contributed by atoms with van der Waals surface area (Å²) in [6.45, 7) is 2.05. The van der Waals surface area contributed by atoms with Crippen LogP contribution in [-0.4, -0.2) is 50.2 Å². The Balaban J connectivity index is 1.61. The Morgan fingerprint density at radius 3 is 3.06 bits per heavy atom. The molecular weight excluding hydrogens is 222 g/mol. The van der Waals surface area contributed by atoms with E-state index in [4.69, 9.17) is 4.74 Å². The Bertz CT molecular complexity index is 280. The highest BCUT2D eigenvalue weighted by atomic mass is 16.5. The molecule has 6 nitrogen and oxygen atoms in total. The Morgan fingerprint density at radius 1 is 1.53 bits per heavy atom. The average molecular weight is 241 g/mol. The maximum absolute atomic E-state index is 11.7. The van der Waals surface area contributed by atoms with Crippen LogP contribution in [0.2, 0.25) is 0 Å². The van der Waals surface area contributed by atoms with E-state index in [0.29, 0.717) is 19.2 Å². The van der Waals surface area contributed by atoms with Gasteiger partial charge in [-0.2, -0.15) is 0 Å². The van der Waals surface area contributed by atoms with E-state index in [-0.39, 0.29) is 24.4 Å². The molecule has 0 spiro atoms. The van der Waals surface area contributed by atoms with Crippen LogP contribution in [0.3, 0.4) is 0 Å². The molecule has 0 aromatic carbocycles. The number of rotatable bonds is 4. The third-order valence-electron chi connectivity index (χ3n) is 3.12. The van der Waals surface area contributed by atoms with Gasteiger partial charge in [-0.15, -0.1) is 0 Å². The Labute approximate surface area is 100 Å². The number of carbonyl (C=O) groups is 2. The van der Waals surface area contributed by atoms with Gasteiger partial charge in [-0.25, -0.2) is 0 Å². The first-order valence-corrected chi connectivity index (χ1v) is 6.15. The zero-order valence-electron chi connectivity index (χ0n) is 9.83. The highest BCUT2D eigenvalue weighted by molar-refractivity contribution is 5.86. The second-order valence-corrected chi connectivity index (χ2v) is 4.45. The van der Waals surface area contributed by atoms with Crippen molar-refractivity contribution >= 4 is 11.8 Å². The summed E-state index contributed by atoms with van der Waals surface area (Å²) in [6, 6.07) is -0.308. The molecule has 17 heavy (non-hydrogen) atoms. The van der Waals surface area contributed by atoms with Crippen LogP contribution in [0.15, 0.2) is 0 Å². The highest BCUT2D eigenvalue weighted by Crippen LogP contribution is 2.14. The van der Waals surface area contributed by atoms with Crippen LogP contribution < -0.4 is 16.0 Å². The van der Waals surface area contributed by atoms with Gasteiger partial charge in [0, 0.05) is 19.7 Å². The number of hydrogen-bond acceptors (Lipinski definition) is 4. The van der Waals surface area contributed by atoms with Gasteiger partial charge in [0.05, 0.1) is 12.6 Å². The van der Waals surface area contributed by atoms with Crippen molar-refractivity contribution < 1.29 is 14.3 Å². The molecule has 2 aliphatic rings. The molecule has 3 N–H and O–H groups in total. The largest absolute Gasteiger partial charge is 0.378 e. The molecule has 0 saturated carbocycles. The van der Waals surface area contributed by atoms with E-state index >= 15 is 0 Å². The second-order valence-electron chi connectivity index (χ2n) is 4.45. The molecule has 0 radical (unpaired) electrons. The molecule has 0 aromatic rings. The summed E-state index contributed by atoms with van der Waals surface area (Å²) in [4.78, 5) is 22.6. The first-order valence-electron chi connectivity index (χ1n) is 6.15. The van der Waals surface area contributed by atoms with E-state index in [0.717, 1.165) is 25.9 Å². The number of nitrogens with one attached hydrogen (secondary N) is 3. The molecule has 2 atom stereocenters. The van der Waals surface area contributed by atoms with Gasteiger partial charge in [-0.05, 0) is 19.3 Å². The fourth-order valence-corrected chi connectivity index (χ4v) is 2.10. The highest BCUT2D eigenvalue weighted by Gasteiger charge is 2.23. The molecule has 2 aliphatic heterocycles. The molecule has 2 heterocycles. The number of carbonyl (C=O) groups excluding carboxylic acids is 2. The van der Waals surface area contributed by atoms with Crippen molar-refractivity contribution in [1.29, 1.82) is 0 Å². The van der Waals surface area contributed by atoms with Gasteiger partial charge < -0.3 is 15.4 Å². The summed E-state index contributed by atoms with van der Waals surface area (Å²) in [5, 5.41) is 8.41. The molecule has 0 aliphatic carbocycles. The first-order chi connectivity index (χ1) is 8.25. The van der Waals surface area contributed by atoms with E-state index < -0.39 is 0 Å². The lowest BCUT2D eigenvalue weighted by Gasteiger charge is -2.23. The van der Waals surface area contributed by atoms with Crippen LogP contribution in [0.1, 0.15) is 19.3 Å². The Morgan fingerprint density at radius 2 is 2.41 bits per heavy atom.